The van der Waals surface area contributed by atoms with Crippen LogP contribution >= 0.6 is 0 Å². The topological polar surface area (TPSA) is 72.5 Å². The Morgan fingerprint density at radius 2 is 1.90 bits per heavy atom. The Hall–Kier alpha value is -0.620. The summed E-state index contributed by atoms with van der Waals surface area (Å²) in [4.78, 5) is 12.5. The van der Waals surface area contributed by atoms with Gasteiger partial charge in [-0.1, -0.05) is 12.8 Å². The van der Waals surface area contributed by atoms with Crippen LogP contribution in [0.2, 0.25) is 0 Å². The highest BCUT2D eigenvalue weighted by molar-refractivity contribution is 7.91. The van der Waals surface area contributed by atoms with E-state index in [4.69, 9.17) is 4.74 Å². The maximum Gasteiger partial charge on any atom is 0.327 e. The lowest BCUT2D eigenvalue weighted by Crippen LogP contribution is -2.62. The fourth-order valence-corrected chi connectivity index (χ4v) is 5.31. The molecule has 1 N–H and O–H groups in total. The summed E-state index contributed by atoms with van der Waals surface area (Å²) >= 11 is 0. The number of sulfone groups is 1. The van der Waals surface area contributed by atoms with Crippen LogP contribution in [0.15, 0.2) is 0 Å². The SMILES string of the molecule is CCOC(=O)C1(NC2CCCC2)CCCC1S(C)(=O)=O. The lowest BCUT2D eigenvalue weighted by molar-refractivity contribution is -0.151. The van der Waals surface area contributed by atoms with Gasteiger partial charge in [0.1, 0.15) is 5.54 Å². The zero-order valence-electron chi connectivity index (χ0n) is 12.4. The van der Waals surface area contributed by atoms with Crippen LogP contribution < -0.4 is 5.32 Å². The molecule has 0 aromatic rings. The van der Waals surface area contributed by atoms with Gasteiger partial charge >= 0.3 is 5.97 Å². The first-order valence-electron chi connectivity index (χ1n) is 7.54. The first-order valence-corrected chi connectivity index (χ1v) is 9.49. The van der Waals surface area contributed by atoms with Crippen LogP contribution in [0.4, 0.5) is 0 Å². The third-order valence-corrected chi connectivity index (χ3v) is 6.23. The number of ether oxygens (including phenoxy) is 1. The van der Waals surface area contributed by atoms with E-state index < -0.39 is 20.6 Å². The largest absolute Gasteiger partial charge is 0.465 e. The lowest BCUT2D eigenvalue weighted by atomic mass is 9.95. The van der Waals surface area contributed by atoms with E-state index in [9.17, 15) is 13.2 Å². The van der Waals surface area contributed by atoms with Gasteiger partial charge in [-0.2, -0.15) is 0 Å². The average Bonchev–Trinajstić information content (AvgIpc) is 2.98. The van der Waals surface area contributed by atoms with E-state index in [1.54, 1.807) is 6.92 Å². The van der Waals surface area contributed by atoms with Gasteiger partial charge in [-0.05, 0) is 39.0 Å². The highest BCUT2D eigenvalue weighted by Gasteiger charge is 2.55. The fraction of sp³-hybridized carbons (Fsp3) is 0.929. The van der Waals surface area contributed by atoms with Crippen LogP contribution in [-0.2, 0) is 19.4 Å². The molecule has 2 rings (SSSR count). The van der Waals surface area contributed by atoms with Crippen molar-refractivity contribution in [2.75, 3.05) is 12.9 Å². The number of esters is 1. The lowest BCUT2D eigenvalue weighted by Gasteiger charge is -2.35. The van der Waals surface area contributed by atoms with Crippen LogP contribution in [0.3, 0.4) is 0 Å². The third kappa shape index (κ3) is 3.01. The standard InChI is InChI=1S/C14H25NO4S/c1-3-19-13(16)14(15-11-7-4-5-8-11)10-6-9-12(14)20(2,17)18/h11-12,15H,3-10H2,1-2H3. The van der Waals surface area contributed by atoms with Gasteiger partial charge in [-0.25, -0.2) is 8.42 Å². The zero-order valence-corrected chi connectivity index (χ0v) is 13.2. The Kier molecular flexibility index (Phi) is 4.74. The number of hydrogen-bond donors (Lipinski definition) is 1. The minimum absolute atomic E-state index is 0.238. The summed E-state index contributed by atoms with van der Waals surface area (Å²) in [6.45, 7) is 2.04. The van der Waals surface area contributed by atoms with Gasteiger partial charge in [0.05, 0.1) is 11.9 Å². The molecule has 0 radical (unpaired) electrons. The van der Waals surface area contributed by atoms with E-state index in [1.165, 1.54) is 6.26 Å². The molecule has 2 aliphatic rings. The molecule has 5 nitrogen and oxygen atoms in total. The first-order chi connectivity index (χ1) is 9.40. The van der Waals surface area contributed by atoms with Crippen molar-refractivity contribution >= 4 is 15.8 Å². The van der Waals surface area contributed by atoms with Crippen LogP contribution in [-0.4, -0.2) is 44.1 Å². The van der Waals surface area contributed by atoms with E-state index >= 15 is 0 Å². The first kappa shape index (κ1) is 15.8. The molecule has 6 heteroatoms. The molecular weight excluding hydrogens is 278 g/mol. The second kappa shape index (κ2) is 6.02. The Balaban J connectivity index is 2.29. The van der Waals surface area contributed by atoms with Crippen molar-refractivity contribution in [3.63, 3.8) is 0 Å². The molecule has 2 fully saturated rings. The van der Waals surface area contributed by atoms with Gasteiger partial charge in [0, 0.05) is 12.3 Å². The van der Waals surface area contributed by atoms with Gasteiger partial charge in [0.25, 0.3) is 0 Å². The Labute approximate surface area is 121 Å². The van der Waals surface area contributed by atoms with Crippen molar-refractivity contribution in [1.82, 2.24) is 5.32 Å². The summed E-state index contributed by atoms with van der Waals surface area (Å²) in [5.41, 5.74) is -1.03. The van der Waals surface area contributed by atoms with E-state index in [0.717, 1.165) is 32.1 Å². The minimum Gasteiger partial charge on any atom is -0.465 e. The molecule has 0 aromatic carbocycles. The van der Waals surface area contributed by atoms with Crippen molar-refractivity contribution in [2.24, 2.45) is 0 Å². The van der Waals surface area contributed by atoms with Crippen molar-refractivity contribution in [2.45, 2.75) is 68.7 Å². The van der Waals surface area contributed by atoms with Crippen molar-refractivity contribution in [3.8, 4) is 0 Å². The predicted octanol–water partition coefficient (Wildman–Crippen LogP) is 1.42. The summed E-state index contributed by atoms with van der Waals surface area (Å²) in [6.07, 6.45) is 7.37. The molecule has 20 heavy (non-hydrogen) atoms. The van der Waals surface area contributed by atoms with Gasteiger partial charge < -0.3 is 4.74 Å². The molecule has 0 saturated heterocycles. The monoisotopic (exact) mass is 303 g/mol. The molecule has 2 unspecified atom stereocenters. The molecule has 0 amide bonds. The highest BCUT2D eigenvalue weighted by atomic mass is 32.2. The molecule has 2 saturated carbocycles. The predicted molar refractivity (Wildman–Crippen MR) is 77.2 cm³/mol. The number of hydrogen-bond acceptors (Lipinski definition) is 5. The van der Waals surface area contributed by atoms with E-state index in [2.05, 4.69) is 5.32 Å². The summed E-state index contributed by atoms with van der Waals surface area (Å²) in [6, 6.07) is 0.238. The van der Waals surface area contributed by atoms with E-state index in [1.807, 2.05) is 0 Å². The van der Waals surface area contributed by atoms with Crippen molar-refractivity contribution < 1.29 is 17.9 Å². The number of nitrogens with one attached hydrogen (secondary N) is 1. The van der Waals surface area contributed by atoms with Gasteiger partial charge in [0.15, 0.2) is 9.84 Å². The fourth-order valence-electron chi connectivity index (χ4n) is 3.71. The van der Waals surface area contributed by atoms with Crippen LogP contribution in [0, 0.1) is 0 Å². The molecule has 0 bridgehead atoms. The highest BCUT2D eigenvalue weighted by Crippen LogP contribution is 2.37. The summed E-state index contributed by atoms with van der Waals surface area (Å²) in [5.74, 6) is -0.389. The normalized spacial score (nSPS) is 31.6. The third-order valence-electron chi connectivity index (χ3n) is 4.56. The summed E-state index contributed by atoms with van der Waals surface area (Å²) in [5, 5.41) is 2.72. The number of rotatable bonds is 5. The van der Waals surface area contributed by atoms with Crippen LogP contribution in [0.25, 0.3) is 0 Å². The number of carbonyl (C=O) groups excluding carboxylic acids is 1. The van der Waals surface area contributed by atoms with Crippen molar-refractivity contribution in [3.05, 3.63) is 0 Å². The maximum absolute atomic E-state index is 12.5. The van der Waals surface area contributed by atoms with Crippen molar-refractivity contribution in [1.29, 1.82) is 0 Å². The van der Waals surface area contributed by atoms with E-state index in [0.29, 0.717) is 12.8 Å². The summed E-state index contributed by atoms with van der Waals surface area (Å²) < 4.78 is 29.4. The molecule has 0 heterocycles. The van der Waals surface area contributed by atoms with Gasteiger partial charge in [-0.3, -0.25) is 10.1 Å². The average molecular weight is 303 g/mol. The Morgan fingerprint density at radius 1 is 1.25 bits per heavy atom. The molecule has 0 spiro atoms. The maximum atomic E-state index is 12.5. The quantitative estimate of drug-likeness (QED) is 0.778. The summed E-state index contributed by atoms with van der Waals surface area (Å²) in [7, 11) is -3.28. The molecule has 2 atom stereocenters. The molecular formula is C14H25NO4S. The molecule has 116 valence electrons. The second-order valence-corrected chi connectivity index (χ2v) is 8.26. The van der Waals surface area contributed by atoms with Gasteiger partial charge in [-0.15, -0.1) is 0 Å². The molecule has 0 aliphatic heterocycles. The number of carbonyl (C=O) groups is 1. The Morgan fingerprint density at radius 3 is 2.45 bits per heavy atom. The Bertz CT molecular complexity index is 456. The van der Waals surface area contributed by atoms with Crippen LogP contribution in [0.1, 0.15) is 51.9 Å². The molecule has 0 aromatic heterocycles. The minimum atomic E-state index is -3.28. The smallest absolute Gasteiger partial charge is 0.327 e. The van der Waals surface area contributed by atoms with E-state index in [-0.39, 0.29) is 18.6 Å². The second-order valence-electron chi connectivity index (χ2n) is 6.03. The molecule has 2 aliphatic carbocycles. The van der Waals surface area contributed by atoms with Crippen LogP contribution in [0.5, 0.6) is 0 Å². The zero-order chi connectivity index (χ0) is 14.8. The van der Waals surface area contributed by atoms with Gasteiger partial charge in [0.2, 0.25) is 0 Å².